The smallest absolute Gasteiger partial charge is 0.146 e. The van der Waals surface area contributed by atoms with Gasteiger partial charge < -0.3 is 5.32 Å². The summed E-state index contributed by atoms with van der Waals surface area (Å²) in [5.74, 6) is 3.40. The van der Waals surface area contributed by atoms with Gasteiger partial charge in [-0.05, 0) is 19.0 Å². The van der Waals surface area contributed by atoms with Gasteiger partial charge in [0.2, 0.25) is 0 Å². The standard InChI is InChI=1S/C11H15N3/c1-4-6-10(12-5-2)11-13-7-9(3)8-14-11/h1,7-8,10,12H,5-6H2,2-3H3. The summed E-state index contributed by atoms with van der Waals surface area (Å²) in [7, 11) is 0. The number of rotatable bonds is 4. The number of aryl methyl sites for hydroxylation is 1. The van der Waals surface area contributed by atoms with Crippen LogP contribution in [-0.2, 0) is 0 Å². The van der Waals surface area contributed by atoms with E-state index in [4.69, 9.17) is 6.42 Å². The molecule has 0 saturated heterocycles. The lowest BCUT2D eigenvalue weighted by atomic mass is 10.2. The first-order valence-electron chi connectivity index (χ1n) is 4.73. The third-order valence-corrected chi connectivity index (χ3v) is 1.89. The SMILES string of the molecule is C#CCC(NCC)c1ncc(C)cn1. The lowest BCUT2D eigenvalue weighted by molar-refractivity contribution is 0.535. The molecular weight excluding hydrogens is 174 g/mol. The van der Waals surface area contributed by atoms with Crippen LogP contribution in [0.5, 0.6) is 0 Å². The zero-order valence-electron chi connectivity index (χ0n) is 8.62. The summed E-state index contributed by atoms with van der Waals surface area (Å²) in [6, 6.07) is 0.0746. The summed E-state index contributed by atoms with van der Waals surface area (Å²) < 4.78 is 0. The van der Waals surface area contributed by atoms with Gasteiger partial charge in [0, 0.05) is 18.8 Å². The van der Waals surface area contributed by atoms with Crippen molar-refractivity contribution in [1.29, 1.82) is 0 Å². The molecule has 0 aliphatic heterocycles. The fourth-order valence-corrected chi connectivity index (χ4v) is 1.20. The van der Waals surface area contributed by atoms with Crippen LogP contribution in [0, 0.1) is 19.3 Å². The molecule has 0 bridgehead atoms. The average Bonchev–Trinajstić information content (AvgIpc) is 2.19. The number of nitrogens with one attached hydrogen (secondary N) is 1. The quantitative estimate of drug-likeness (QED) is 0.729. The Morgan fingerprint density at radius 3 is 2.64 bits per heavy atom. The molecule has 1 aromatic rings. The number of aromatic nitrogens is 2. The highest BCUT2D eigenvalue weighted by Gasteiger charge is 2.10. The van der Waals surface area contributed by atoms with Crippen molar-refractivity contribution in [2.75, 3.05) is 6.54 Å². The Bertz CT molecular complexity index is 310. The highest BCUT2D eigenvalue weighted by Crippen LogP contribution is 2.10. The van der Waals surface area contributed by atoms with Crippen molar-refractivity contribution in [2.24, 2.45) is 0 Å². The van der Waals surface area contributed by atoms with Gasteiger partial charge in [0.25, 0.3) is 0 Å². The van der Waals surface area contributed by atoms with Gasteiger partial charge >= 0.3 is 0 Å². The van der Waals surface area contributed by atoms with E-state index < -0.39 is 0 Å². The molecule has 1 N–H and O–H groups in total. The molecule has 14 heavy (non-hydrogen) atoms. The maximum Gasteiger partial charge on any atom is 0.146 e. The molecule has 1 rings (SSSR count). The first-order valence-corrected chi connectivity index (χ1v) is 4.73. The van der Waals surface area contributed by atoms with E-state index in [0.717, 1.165) is 17.9 Å². The lowest BCUT2D eigenvalue weighted by Crippen LogP contribution is -2.22. The van der Waals surface area contributed by atoms with E-state index in [-0.39, 0.29) is 6.04 Å². The molecule has 3 heteroatoms. The van der Waals surface area contributed by atoms with Gasteiger partial charge in [0.1, 0.15) is 5.82 Å². The molecule has 1 heterocycles. The van der Waals surface area contributed by atoms with Crippen LogP contribution in [0.15, 0.2) is 12.4 Å². The summed E-state index contributed by atoms with van der Waals surface area (Å²) in [5, 5.41) is 3.25. The Labute approximate surface area is 85.0 Å². The Morgan fingerprint density at radius 2 is 2.14 bits per heavy atom. The zero-order valence-corrected chi connectivity index (χ0v) is 8.62. The number of nitrogens with zero attached hydrogens (tertiary/aromatic N) is 2. The molecule has 0 aliphatic carbocycles. The van der Waals surface area contributed by atoms with Crippen molar-refractivity contribution in [3.63, 3.8) is 0 Å². The van der Waals surface area contributed by atoms with Crippen molar-refractivity contribution in [1.82, 2.24) is 15.3 Å². The summed E-state index contributed by atoms with van der Waals surface area (Å²) >= 11 is 0. The molecule has 1 atom stereocenters. The van der Waals surface area contributed by atoms with Crippen molar-refractivity contribution < 1.29 is 0 Å². The zero-order chi connectivity index (χ0) is 10.4. The highest BCUT2D eigenvalue weighted by atomic mass is 15.0. The minimum atomic E-state index is 0.0746. The van der Waals surface area contributed by atoms with Crippen molar-refractivity contribution >= 4 is 0 Å². The van der Waals surface area contributed by atoms with Gasteiger partial charge in [0.15, 0.2) is 0 Å². The molecule has 0 amide bonds. The predicted molar refractivity (Wildman–Crippen MR) is 56.6 cm³/mol. The summed E-state index contributed by atoms with van der Waals surface area (Å²) in [4.78, 5) is 8.49. The molecule has 3 nitrogen and oxygen atoms in total. The molecule has 74 valence electrons. The third kappa shape index (κ3) is 2.82. The summed E-state index contributed by atoms with van der Waals surface area (Å²) in [5.41, 5.74) is 1.06. The largest absolute Gasteiger partial charge is 0.307 e. The maximum atomic E-state index is 5.28. The Hall–Kier alpha value is -1.40. The number of terminal acetylenes is 1. The van der Waals surface area contributed by atoms with Gasteiger partial charge in [-0.3, -0.25) is 0 Å². The van der Waals surface area contributed by atoms with Crippen LogP contribution < -0.4 is 5.32 Å². The number of hydrogen-bond donors (Lipinski definition) is 1. The van der Waals surface area contributed by atoms with Crippen LogP contribution in [0.1, 0.15) is 30.8 Å². The third-order valence-electron chi connectivity index (χ3n) is 1.89. The van der Waals surface area contributed by atoms with Crippen LogP contribution in [-0.4, -0.2) is 16.5 Å². The van der Waals surface area contributed by atoms with E-state index in [1.807, 2.05) is 26.2 Å². The van der Waals surface area contributed by atoms with Gasteiger partial charge in [-0.25, -0.2) is 9.97 Å². The second-order valence-electron chi connectivity index (χ2n) is 3.14. The highest BCUT2D eigenvalue weighted by molar-refractivity contribution is 5.06. The van der Waals surface area contributed by atoms with Crippen molar-refractivity contribution in [3.8, 4) is 12.3 Å². The molecule has 0 aromatic carbocycles. The fraction of sp³-hybridized carbons (Fsp3) is 0.455. The van der Waals surface area contributed by atoms with Crippen molar-refractivity contribution in [3.05, 3.63) is 23.8 Å². The summed E-state index contributed by atoms with van der Waals surface area (Å²) in [6.07, 6.45) is 9.52. The first-order chi connectivity index (χ1) is 6.77. The van der Waals surface area contributed by atoms with Crippen LogP contribution in [0.25, 0.3) is 0 Å². The topological polar surface area (TPSA) is 37.8 Å². The molecular formula is C11H15N3. The second kappa shape index (κ2) is 5.36. The monoisotopic (exact) mass is 189 g/mol. The van der Waals surface area contributed by atoms with E-state index >= 15 is 0 Å². The van der Waals surface area contributed by atoms with E-state index in [0.29, 0.717) is 6.42 Å². The van der Waals surface area contributed by atoms with E-state index in [9.17, 15) is 0 Å². The number of hydrogen-bond acceptors (Lipinski definition) is 3. The molecule has 0 fully saturated rings. The summed E-state index contributed by atoms with van der Waals surface area (Å²) in [6.45, 7) is 4.87. The molecule has 0 spiro atoms. The van der Waals surface area contributed by atoms with Gasteiger partial charge in [-0.2, -0.15) is 0 Å². The molecule has 1 aromatic heterocycles. The molecule has 0 radical (unpaired) electrons. The lowest BCUT2D eigenvalue weighted by Gasteiger charge is -2.13. The minimum absolute atomic E-state index is 0.0746. The molecule has 0 aliphatic rings. The van der Waals surface area contributed by atoms with Crippen LogP contribution in [0.2, 0.25) is 0 Å². The predicted octanol–water partition coefficient (Wildman–Crippen LogP) is 1.46. The first kappa shape index (κ1) is 10.7. The Morgan fingerprint density at radius 1 is 1.50 bits per heavy atom. The molecule has 0 saturated carbocycles. The van der Waals surface area contributed by atoms with Crippen LogP contribution in [0.4, 0.5) is 0 Å². The van der Waals surface area contributed by atoms with Gasteiger partial charge in [0.05, 0.1) is 6.04 Å². The van der Waals surface area contributed by atoms with E-state index in [1.54, 1.807) is 0 Å². The van der Waals surface area contributed by atoms with E-state index in [1.165, 1.54) is 0 Å². The van der Waals surface area contributed by atoms with E-state index in [2.05, 4.69) is 21.2 Å². The van der Waals surface area contributed by atoms with Crippen molar-refractivity contribution in [2.45, 2.75) is 26.3 Å². The average molecular weight is 189 g/mol. The maximum absolute atomic E-state index is 5.28. The Kier molecular flexibility index (Phi) is 4.09. The second-order valence-corrected chi connectivity index (χ2v) is 3.14. The van der Waals surface area contributed by atoms with Gasteiger partial charge in [-0.15, -0.1) is 12.3 Å². The molecule has 1 unspecified atom stereocenters. The normalized spacial score (nSPS) is 12.1. The fourth-order valence-electron chi connectivity index (χ4n) is 1.20. The van der Waals surface area contributed by atoms with Gasteiger partial charge in [-0.1, -0.05) is 6.92 Å². The van der Waals surface area contributed by atoms with Crippen LogP contribution in [0.3, 0.4) is 0 Å². The Balaban J connectivity index is 2.77. The minimum Gasteiger partial charge on any atom is -0.307 e. The van der Waals surface area contributed by atoms with Crippen LogP contribution >= 0.6 is 0 Å².